The number of furan rings is 1. The van der Waals surface area contributed by atoms with Crippen molar-refractivity contribution in [2.24, 2.45) is 0 Å². The van der Waals surface area contributed by atoms with Gasteiger partial charge in [-0.3, -0.25) is 14.5 Å². The Morgan fingerprint density at radius 3 is 2.43 bits per heavy atom. The van der Waals surface area contributed by atoms with Gasteiger partial charge in [0, 0.05) is 31.7 Å². The Kier molecular flexibility index (Phi) is 4.92. The zero-order valence-electron chi connectivity index (χ0n) is 16.1. The number of carbonyl (C=O) groups excluding carboxylic acids is 2. The molecule has 7 nitrogen and oxygen atoms in total. The number of carbonyl (C=O) groups is 2. The molecule has 0 bridgehead atoms. The average molecular weight is 381 g/mol. The number of imide groups is 1. The van der Waals surface area contributed by atoms with Gasteiger partial charge >= 0.3 is 0 Å². The van der Waals surface area contributed by atoms with Crippen LogP contribution in [0, 0.1) is 0 Å². The third kappa shape index (κ3) is 3.18. The van der Waals surface area contributed by atoms with E-state index in [9.17, 15) is 9.59 Å². The molecule has 0 aliphatic carbocycles. The molecule has 0 N–H and O–H groups in total. The van der Waals surface area contributed by atoms with E-state index in [0.717, 1.165) is 13.1 Å². The maximum absolute atomic E-state index is 13.3. The molecule has 1 aromatic heterocycles. The van der Waals surface area contributed by atoms with E-state index >= 15 is 0 Å². The lowest BCUT2D eigenvalue weighted by Crippen LogP contribution is -2.46. The van der Waals surface area contributed by atoms with Crippen molar-refractivity contribution in [3.63, 3.8) is 0 Å². The molecule has 0 radical (unpaired) electrons. The van der Waals surface area contributed by atoms with Gasteiger partial charge in [0.1, 0.15) is 17.2 Å². The monoisotopic (exact) mass is 381 g/mol. The van der Waals surface area contributed by atoms with Gasteiger partial charge in [0.2, 0.25) is 0 Å². The van der Waals surface area contributed by atoms with E-state index in [1.54, 1.807) is 25.3 Å². The molecule has 4 rings (SSSR count). The second-order valence-electron chi connectivity index (χ2n) is 6.99. The second kappa shape index (κ2) is 7.52. The fourth-order valence-electron chi connectivity index (χ4n) is 3.68. The van der Waals surface area contributed by atoms with Crippen LogP contribution >= 0.6 is 0 Å². The summed E-state index contributed by atoms with van der Waals surface area (Å²) < 4.78 is 10.8. The fraction of sp³-hybridized carbons (Fsp3) is 0.333. The van der Waals surface area contributed by atoms with Crippen molar-refractivity contribution in [2.75, 3.05) is 40.3 Å². The molecule has 28 heavy (non-hydrogen) atoms. The normalized spacial score (nSPS) is 18.4. The Bertz CT molecular complexity index is 911. The number of benzene rings is 1. The van der Waals surface area contributed by atoms with Gasteiger partial charge in [-0.25, -0.2) is 0 Å². The number of amides is 2. The third-order valence-corrected chi connectivity index (χ3v) is 5.23. The quantitative estimate of drug-likeness (QED) is 0.736. The summed E-state index contributed by atoms with van der Waals surface area (Å²) in [5, 5.41) is 0. The van der Waals surface area contributed by atoms with Crippen LogP contribution in [0.3, 0.4) is 0 Å². The molecule has 2 amide bonds. The van der Waals surface area contributed by atoms with Crippen molar-refractivity contribution < 1.29 is 18.7 Å². The zero-order valence-corrected chi connectivity index (χ0v) is 16.1. The predicted octanol–water partition coefficient (Wildman–Crippen LogP) is 1.82. The van der Waals surface area contributed by atoms with Crippen molar-refractivity contribution in [3.8, 4) is 5.75 Å². The SMILES string of the molecule is COc1ccccc1C1=C(N2CCN(C)CC2)C(=O)N(Cc2ccco2)C1=O. The van der Waals surface area contributed by atoms with Crippen LogP contribution in [0.4, 0.5) is 0 Å². The molecule has 2 aliphatic heterocycles. The van der Waals surface area contributed by atoms with Gasteiger partial charge < -0.3 is 19.0 Å². The molecule has 0 unspecified atom stereocenters. The highest BCUT2D eigenvalue weighted by atomic mass is 16.5. The van der Waals surface area contributed by atoms with Crippen LogP contribution in [0.15, 0.2) is 52.8 Å². The molecule has 3 heterocycles. The van der Waals surface area contributed by atoms with Crippen LogP contribution in [0.2, 0.25) is 0 Å². The largest absolute Gasteiger partial charge is 0.496 e. The summed E-state index contributed by atoms with van der Waals surface area (Å²) in [5.41, 5.74) is 1.49. The summed E-state index contributed by atoms with van der Waals surface area (Å²) in [6.07, 6.45) is 1.54. The van der Waals surface area contributed by atoms with Crippen molar-refractivity contribution >= 4 is 17.4 Å². The first-order chi connectivity index (χ1) is 13.6. The van der Waals surface area contributed by atoms with Crippen molar-refractivity contribution in [3.05, 3.63) is 59.7 Å². The topological polar surface area (TPSA) is 66.2 Å². The van der Waals surface area contributed by atoms with E-state index < -0.39 is 0 Å². The summed E-state index contributed by atoms with van der Waals surface area (Å²) in [7, 11) is 3.62. The molecule has 1 aromatic carbocycles. The third-order valence-electron chi connectivity index (χ3n) is 5.23. The molecule has 1 fully saturated rings. The number of rotatable bonds is 5. The van der Waals surface area contributed by atoms with Gasteiger partial charge in [-0.1, -0.05) is 18.2 Å². The first-order valence-corrected chi connectivity index (χ1v) is 9.30. The molecule has 0 spiro atoms. The van der Waals surface area contributed by atoms with E-state index in [2.05, 4.69) is 11.9 Å². The van der Waals surface area contributed by atoms with E-state index in [0.29, 0.717) is 41.4 Å². The Labute approximate surface area is 163 Å². The van der Waals surface area contributed by atoms with Gasteiger partial charge in [0.25, 0.3) is 11.8 Å². The number of methoxy groups -OCH3 is 1. The molecular formula is C21H23N3O4. The van der Waals surface area contributed by atoms with Gasteiger partial charge in [-0.15, -0.1) is 0 Å². The van der Waals surface area contributed by atoms with Gasteiger partial charge in [0.05, 0.1) is 25.5 Å². The van der Waals surface area contributed by atoms with Gasteiger partial charge in [0.15, 0.2) is 0 Å². The minimum atomic E-state index is -0.320. The molecule has 146 valence electrons. The van der Waals surface area contributed by atoms with Crippen LogP contribution in [-0.4, -0.2) is 66.9 Å². The standard InChI is InChI=1S/C21H23N3O4/c1-22-9-11-23(12-10-22)19-18(16-7-3-4-8-17(16)27-2)20(25)24(21(19)26)14-15-6-5-13-28-15/h3-8,13H,9-12,14H2,1-2H3. The lowest BCUT2D eigenvalue weighted by atomic mass is 10.0. The highest BCUT2D eigenvalue weighted by Gasteiger charge is 2.43. The maximum Gasteiger partial charge on any atom is 0.278 e. The van der Waals surface area contributed by atoms with E-state index in [-0.39, 0.29) is 18.4 Å². The lowest BCUT2D eigenvalue weighted by Gasteiger charge is -2.34. The van der Waals surface area contributed by atoms with Crippen LogP contribution in [-0.2, 0) is 16.1 Å². The van der Waals surface area contributed by atoms with E-state index in [4.69, 9.17) is 9.15 Å². The number of hydrogen-bond donors (Lipinski definition) is 0. The van der Waals surface area contributed by atoms with Gasteiger partial charge in [-0.05, 0) is 25.2 Å². The Morgan fingerprint density at radius 2 is 1.75 bits per heavy atom. The molecule has 0 saturated carbocycles. The molecule has 0 atom stereocenters. The maximum atomic E-state index is 13.3. The second-order valence-corrected chi connectivity index (χ2v) is 6.99. The molecule has 2 aliphatic rings. The summed E-state index contributed by atoms with van der Waals surface area (Å²) in [5.74, 6) is 0.539. The smallest absolute Gasteiger partial charge is 0.278 e. The minimum absolute atomic E-state index is 0.112. The molecule has 7 heteroatoms. The van der Waals surface area contributed by atoms with Crippen LogP contribution in [0.5, 0.6) is 5.75 Å². The summed E-state index contributed by atoms with van der Waals surface area (Å²) in [4.78, 5) is 32.1. The molecular weight excluding hydrogens is 358 g/mol. The lowest BCUT2D eigenvalue weighted by molar-refractivity contribution is -0.138. The fourth-order valence-corrected chi connectivity index (χ4v) is 3.68. The first-order valence-electron chi connectivity index (χ1n) is 9.30. The highest BCUT2D eigenvalue weighted by Crippen LogP contribution is 2.37. The number of likely N-dealkylation sites (N-methyl/N-ethyl adjacent to an activating group) is 1. The van der Waals surface area contributed by atoms with E-state index in [1.807, 2.05) is 23.1 Å². The van der Waals surface area contributed by atoms with Crippen molar-refractivity contribution in [1.82, 2.24) is 14.7 Å². The van der Waals surface area contributed by atoms with Crippen molar-refractivity contribution in [1.29, 1.82) is 0 Å². The van der Waals surface area contributed by atoms with Crippen LogP contribution in [0.25, 0.3) is 5.57 Å². The Morgan fingerprint density at radius 1 is 1.00 bits per heavy atom. The van der Waals surface area contributed by atoms with Crippen LogP contribution in [0.1, 0.15) is 11.3 Å². The number of nitrogens with zero attached hydrogens (tertiary/aromatic N) is 3. The predicted molar refractivity (Wildman–Crippen MR) is 103 cm³/mol. The van der Waals surface area contributed by atoms with Gasteiger partial charge in [-0.2, -0.15) is 0 Å². The first kappa shape index (κ1) is 18.3. The zero-order chi connectivity index (χ0) is 19.7. The Hall–Kier alpha value is -3.06. The summed E-state index contributed by atoms with van der Waals surface area (Å²) in [6, 6.07) is 10.8. The summed E-state index contributed by atoms with van der Waals surface area (Å²) >= 11 is 0. The highest BCUT2D eigenvalue weighted by molar-refractivity contribution is 6.35. The number of piperazine rings is 1. The average Bonchev–Trinajstić information content (AvgIpc) is 3.31. The Balaban J connectivity index is 1.77. The van der Waals surface area contributed by atoms with Crippen LogP contribution < -0.4 is 4.74 Å². The van der Waals surface area contributed by atoms with E-state index in [1.165, 1.54) is 11.2 Å². The number of para-hydroxylation sites is 1. The molecule has 1 saturated heterocycles. The number of hydrogen-bond acceptors (Lipinski definition) is 6. The van der Waals surface area contributed by atoms with Crippen molar-refractivity contribution in [2.45, 2.75) is 6.54 Å². The number of ether oxygens (including phenoxy) is 1. The minimum Gasteiger partial charge on any atom is -0.496 e. The molecule has 2 aromatic rings. The summed E-state index contributed by atoms with van der Waals surface area (Å²) in [6.45, 7) is 3.17.